The van der Waals surface area contributed by atoms with E-state index in [0.717, 1.165) is 11.3 Å². The Hall–Kier alpha value is -0.250. The summed E-state index contributed by atoms with van der Waals surface area (Å²) in [4.78, 5) is -0.0984. The van der Waals surface area contributed by atoms with E-state index >= 15 is 0 Å². The first-order valence-electron chi connectivity index (χ1n) is 4.43. The highest BCUT2D eigenvalue weighted by atomic mass is 79.9. The molecule has 4 heteroatoms. The van der Waals surface area contributed by atoms with Gasteiger partial charge in [0, 0.05) is 17.0 Å². The van der Waals surface area contributed by atoms with Gasteiger partial charge in [-0.15, -0.1) is 0 Å². The van der Waals surface area contributed by atoms with Crippen LogP contribution in [0.3, 0.4) is 0 Å². The number of benzene rings is 1. The fraction of sp³-hybridized carbons (Fsp3) is 0.400. The molecule has 0 unspecified atom stereocenters. The summed E-state index contributed by atoms with van der Waals surface area (Å²) in [5, 5.41) is 10.4. The third-order valence-corrected chi connectivity index (χ3v) is 3.62. The summed E-state index contributed by atoms with van der Waals surface area (Å²) in [5.41, 5.74) is 0.919. The predicted molar refractivity (Wildman–Crippen MR) is 59.2 cm³/mol. The van der Waals surface area contributed by atoms with Gasteiger partial charge in [0.25, 0.3) is 0 Å². The molecule has 0 saturated carbocycles. The van der Waals surface area contributed by atoms with E-state index in [4.69, 9.17) is 16.3 Å². The SMILES string of the molecule is O[C@H]1CCOc2ccc(Cl)cc2[C@@H]1Br. The summed E-state index contributed by atoms with van der Waals surface area (Å²) in [7, 11) is 0. The highest BCUT2D eigenvalue weighted by Gasteiger charge is 2.24. The summed E-state index contributed by atoms with van der Waals surface area (Å²) in [6.07, 6.45) is 0.206. The van der Waals surface area contributed by atoms with E-state index in [0.29, 0.717) is 18.1 Å². The van der Waals surface area contributed by atoms with Crippen molar-refractivity contribution in [3.63, 3.8) is 0 Å². The molecule has 0 aliphatic carbocycles. The number of hydrogen-bond donors (Lipinski definition) is 1. The maximum absolute atomic E-state index is 9.73. The summed E-state index contributed by atoms with van der Waals surface area (Å²) in [6, 6.07) is 5.45. The van der Waals surface area contributed by atoms with Gasteiger partial charge in [-0.05, 0) is 18.2 Å². The second-order valence-corrected chi connectivity index (χ2v) is 4.71. The Bertz CT molecular complexity index is 343. The lowest BCUT2D eigenvalue weighted by Crippen LogP contribution is -2.13. The van der Waals surface area contributed by atoms with Crippen molar-refractivity contribution in [2.75, 3.05) is 6.61 Å². The maximum Gasteiger partial charge on any atom is 0.123 e. The fourth-order valence-corrected chi connectivity index (χ4v) is 2.31. The average Bonchev–Trinajstić information content (AvgIpc) is 2.30. The minimum absolute atomic E-state index is 0.0984. The normalized spacial score (nSPS) is 26.2. The van der Waals surface area contributed by atoms with Crippen molar-refractivity contribution in [2.24, 2.45) is 0 Å². The molecule has 1 aromatic rings. The number of aliphatic hydroxyl groups is 1. The quantitative estimate of drug-likeness (QED) is 0.739. The largest absolute Gasteiger partial charge is 0.493 e. The summed E-state index contributed by atoms with van der Waals surface area (Å²) in [5.74, 6) is 0.799. The number of halogens is 2. The molecule has 0 aromatic heterocycles. The zero-order valence-corrected chi connectivity index (χ0v) is 9.75. The van der Waals surface area contributed by atoms with Gasteiger partial charge in [0.15, 0.2) is 0 Å². The molecule has 2 rings (SSSR count). The third kappa shape index (κ3) is 1.90. The van der Waals surface area contributed by atoms with E-state index < -0.39 is 6.10 Å². The first-order valence-corrected chi connectivity index (χ1v) is 5.72. The van der Waals surface area contributed by atoms with Gasteiger partial charge in [-0.3, -0.25) is 0 Å². The highest BCUT2D eigenvalue weighted by molar-refractivity contribution is 9.09. The molecule has 1 N–H and O–H groups in total. The van der Waals surface area contributed by atoms with Crippen LogP contribution in [0.4, 0.5) is 0 Å². The Morgan fingerprint density at radius 1 is 1.50 bits per heavy atom. The van der Waals surface area contributed by atoms with Crippen molar-refractivity contribution in [3.05, 3.63) is 28.8 Å². The molecule has 1 aliphatic heterocycles. The second-order valence-electron chi connectivity index (χ2n) is 3.29. The van der Waals surface area contributed by atoms with Crippen LogP contribution in [0, 0.1) is 0 Å². The van der Waals surface area contributed by atoms with Crippen molar-refractivity contribution in [3.8, 4) is 5.75 Å². The zero-order valence-electron chi connectivity index (χ0n) is 7.41. The Balaban J connectivity index is 2.44. The van der Waals surface area contributed by atoms with Crippen molar-refractivity contribution in [1.29, 1.82) is 0 Å². The minimum atomic E-state index is -0.422. The zero-order chi connectivity index (χ0) is 10.1. The van der Waals surface area contributed by atoms with Crippen molar-refractivity contribution >= 4 is 27.5 Å². The molecule has 0 amide bonds. The van der Waals surface area contributed by atoms with Crippen molar-refractivity contribution in [1.82, 2.24) is 0 Å². The van der Waals surface area contributed by atoms with Crippen LogP contribution in [-0.4, -0.2) is 17.8 Å². The van der Waals surface area contributed by atoms with E-state index in [9.17, 15) is 5.11 Å². The van der Waals surface area contributed by atoms with Crippen LogP contribution in [0.25, 0.3) is 0 Å². The molecule has 2 nitrogen and oxygen atoms in total. The lowest BCUT2D eigenvalue weighted by molar-refractivity contribution is 0.149. The van der Waals surface area contributed by atoms with E-state index in [1.54, 1.807) is 6.07 Å². The van der Waals surface area contributed by atoms with Gasteiger partial charge in [-0.2, -0.15) is 0 Å². The standard InChI is InChI=1S/C10H10BrClO2/c11-10-7-5-6(12)1-2-9(7)14-4-3-8(10)13/h1-2,5,8,10,13H,3-4H2/t8-,10-/m0/s1. The maximum atomic E-state index is 9.73. The lowest BCUT2D eigenvalue weighted by atomic mass is 10.1. The van der Waals surface area contributed by atoms with Crippen molar-refractivity contribution < 1.29 is 9.84 Å². The molecule has 0 bridgehead atoms. The van der Waals surface area contributed by atoms with E-state index in [1.165, 1.54) is 0 Å². The monoisotopic (exact) mass is 276 g/mol. The summed E-state index contributed by atoms with van der Waals surface area (Å²) >= 11 is 9.33. The van der Waals surface area contributed by atoms with Gasteiger partial charge in [-0.25, -0.2) is 0 Å². The molecule has 0 spiro atoms. The summed E-state index contributed by atoms with van der Waals surface area (Å²) in [6.45, 7) is 0.540. The third-order valence-electron chi connectivity index (χ3n) is 2.28. The number of alkyl halides is 1. The molecule has 1 heterocycles. The van der Waals surface area contributed by atoms with Crippen LogP contribution in [-0.2, 0) is 0 Å². The Morgan fingerprint density at radius 3 is 3.07 bits per heavy atom. The second kappa shape index (κ2) is 4.09. The number of hydrogen-bond acceptors (Lipinski definition) is 2. The lowest BCUT2D eigenvalue weighted by Gasteiger charge is -2.14. The van der Waals surface area contributed by atoms with Gasteiger partial charge >= 0.3 is 0 Å². The van der Waals surface area contributed by atoms with Gasteiger partial charge in [-0.1, -0.05) is 27.5 Å². The topological polar surface area (TPSA) is 29.5 Å². The first kappa shape index (κ1) is 10.3. The van der Waals surface area contributed by atoms with Gasteiger partial charge in [0.1, 0.15) is 5.75 Å². The predicted octanol–water partition coefficient (Wildman–Crippen LogP) is 2.92. The number of aliphatic hydroxyl groups excluding tert-OH is 1. The molecule has 14 heavy (non-hydrogen) atoms. The van der Waals surface area contributed by atoms with Crippen LogP contribution >= 0.6 is 27.5 Å². The number of rotatable bonds is 0. The molecule has 0 radical (unpaired) electrons. The molecular formula is C10H10BrClO2. The smallest absolute Gasteiger partial charge is 0.123 e. The van der Waals surface area contributed by atoms with E-state index in [1.807, 2.05) is 12.1 Å². The molecule has 2 atom stereocenters. The van der Waals surface area contributed by atoms with Crippen LogP contribution in [0.2, 0.25) is 5.02 Å². The molecular weight excluding hydrogens is 267 g/mol. The Morgan fingerprint density at radius 2 is 2.29 bits per heavy atom. The van der Waals surface area contributed by atoms with E-state index in [2.05, 4.69) is 15.9 Å². The minimum Gasteiger partial charge on any atom is -0.493 e. The fourth-order valence-electron chi connectivity index (χ4n) is 1.51. The Labute approximate surface area is 96.0 Å². The first-order chi connectivity index (χ1) is 6.68. The summed E-state index contributed by atoms with van der Waals surface area (Å²) < 4.78 is 5.50. The van der Waals surface area contributed by atoms with Gasteiger partial charge < -0.3 is 9.84 Å². The van der Waals surface area contributed by atoms with Crippen LogP contribution < -0.4 is 4.74 Å². The van der Waals surface area contributed by atoms with Gasteiger partial charge in [0.05, 0.1) is 17.5 Å². The molecule has 1 aromatic carbocycles. The van der Waals surface area contributed by atoms with Crippen LogP contribution in [0.5, 0.6) is 5.75 Å². The number of ether oxygens (including phenoxy) is 1. The molecule has 76 valence electrons. The highest BCUT2D eigenvalue weighted by Crippen LogP contribution is 2.38. The van der Waals surface area contributed by atoms with Crippen molar-refractivity contribution in [2.45, 2.75) is 17.4 Å². The Kier molecular flexibility index (Phi) is 3.00. The van der Waals surface area contributed by atoms with Gasteiger partial charge in [0.2, 0.25) is 0 Å². The molecule has 0 saturated heterocycles. The van der Waals surface area contributed by atoms with E-state index in [-0.39, 0.29) is 4.83 Å². The molecule has 1 aliphatic rings. The number of fused-ring (bicyclic) bond motifs is 1. The van der Waals surface area contributed by atoms with Crippen LogP contribution in [0.1, 0.15) is 16.8 Å². The molecule has 0 fully saturated rings. The average molecular weight is 278 g/mol. The van der Waals surface area contributed by atoms with Crippen LogP contribution in [0.15, 0.2) is 18.2 Å².